The summed E-state index contributed by atoms with van der Waals surface area (Å²) >= 11 is 5.58. The number of hydrogen-bond donors (Lipinski definition) is 2. The fraction of sp³-hybridized carbons (Fsp3) is 0.875. The largest absolute Gasteiger partial charge is 0.411 e. The number of halogens is 1. The summed E-state index contributed by atoms with van der Waals surface area (Å²) in [6.45, 7) is 2.01. The molecule has 1 fully saturated rings. The lowest BCUT2D eigenvalue weighted by molar-refractivity contribution is 0.316. The molecule has 0 aliphatic carbocycles. The maximum absolute atomic E-state index is 8.60. The Morgan fingerprint density at radius 3 is 3.00 bits per heavy atom. The highest BCUT2D eigenvalue weighted by Gasteiger charge is 2.26. The number of nitrogens with one attached hydrogen (secondary N) is 1. The van der Waals surface area contributed by atoms with E-state index in [0.29, 0.717) is 11.9 Å². The molecule has 1 aliphatic heterocycles. The third kappa shape index (κ3) is 2.35. The van der Waals surface area contributed by atoms with Gasteiger partial charge in [-0.3, -0.25) is 0 Å². The topological polar surface area (TPSA) is 44.6 Å². The second-order valence-corrected chi connectivity index (χ2v) is 3.59. The Kier molecular flexibility index (Phi) is 3.82. The Labute approximate surface area is 77.8 Å². The van der Waals surface area contributed by atoms with Crippen molar-refractivity contribution in [3.05, 3.63) is 0 Å². The van der Waals surface area contributed by atoms with Gasteiger partial charge in [-0.05, 0) is 19.8 Å². The van der Waals surface area contributed by atoms with Crippen molar-refractivity contribution in [1.29, 1.82) is 0 Å². The number of alkyl halides is 1. The van der Waals surface area contributed by atoms with Crippen LogP contribution in [-0.4, -0.2) is 28.9 Å². The van der Waals surface area contributed by atoms with Crippen LogP contribution in [-0.2, 0) is 0 Å². The minimum atomic E-state index is 0.218. The smallest absolute Gasteiger partial charge is 0.0752 e. The minimum Gasteiger partial charge on any atom is -0.411 e. The van der Waals surface area contributed by atoms with Gasteiger partial charge in [0.05, 0.1) is 5.71 Å². The van der Waals surface area contributed by atoms with Gasteiger partial charge in [0.25, 0.3) is 0 Å². The van der Waals surface area contributed by atoms with Gasteiger partial charge in [0.2, 0.25) is 0 Å². The molecule has 12 heavy (non-hydrogen) atoms. The van der Waals surface area contributed by atoms with Crippen LogP contribution < -0.4 is 5.32 Å². The third-order valence-corrected chi connectivity index (χ3v) is 2.52. The van der Waals surface area contributed by atoms with Crippen molar-refractivity contribution < 1.29 is 5.21 Å². The molecule has 0 bridgehead atoms. The molecule has 1 rings (SSSR count). The Morgan fingerprint density at radius 2 is 2.50 bits per heavy atom. The van der Waals surface area contributed by atoms with Crippen molar-refractivity contribution in [3.8, 4) is 0 Å². The summed E-state index contributed by atoms with van der Waals surface area (Å²) in [4.78, 5) is 0. The molecule has 1 heterocycles. The highest BCUT2D eigenvalue weighted by atomic mass is 35.5. The molecule has 2 atom stereocenters. The summed E-state index contributed by atoms with van der Waals surface area (Å²) in [6.07, 6.45) is 2.94. The molecule has 1 saturated heterocycles. The monoisotopic (exact) mass is 190 g/mol. The zero-order valence-corrected chi connectivity index (χ0v) is 8.01. The Hall–Kier alpha value is -0.280. The van der Waals surface area contributed by atoms with Crippen molar-refractivity contribution >= 4 is 17.3 Å². The summed E-state index contributed by atoms with van der Waals surface area (Å²) in [7, 11) is 0. The molecule has 0 amide bonds. The van der Waals surface area contributed by atoms with Crippen LogP contribution in [0.25, 0.3) is 0 Å². The average Bonchev–Trinajstić information content (AvgIpc) is 2.43. The van der Waals surface area contributed by atoms with Gasteiger partial charge in [-0.1, -0.05) is 5.16 Å². The van der Waals surface area contributed by atoms with Gasteiger partial charge >= 0.3 is 0 Å². The van der Waals surface area contributed by atoms with Crippen LogP contribution in [0.5, 0.6) is 0 Å². The van der Waals surface area contributed by atoms with Crippen molar-refractivity contribution in [2.75, 3.05) is 5.88 Å². The second-order valence-electron chi connectivity index (χ2n) is 3.21. The molecule has 70 valence electrons. The van der Waals surface area contributed by atoms with Crippen LogP contribution >= 0.6 is 11.6 Å². The first-order valence-electron chi connectivity index (χ1n) is 4.30. The predicted molar refractivity (Wildman–Crippen MR) is 50.2 cm³/mol. The van der Waals surface area contributed by atoms with E-state index in [-0.39, 0.29) is 6.04 Å². The van der Waals surface area contributed by atoms with Gasteiger partial charge in [-0.2, -0.15) is 0 Å². The summed E-state index contributed by atoms with van der Waals surface area (Å²) in [5.41, 5.74) is 0.856. The van der Waals surface area contributed by atoms with Crippen LogP contribution in [0.3, 0.4) is 0 Å². The molecule has 3 nitrogen and oxygen atoms in total. The zero-order valence-electron chi connectivity index (χ0n) is 7.26. The maximum atomic E-state index is 8.60. The van der Waals surface area contributed by atoms with Gasteiger partial charge in [0.15, 0.2) is 0 Å². The van der Waals surface area contributed by atoms with E-state index in [2.05, 4.69) is 10.5 Å². The van der Waals surface area contributed by atoms with Gasteiger partial charge in [0.1, 0.15) is 0 Å². The summed E-state index contributed by atoms with van der Waals surface area (Å²) in [6, 6.07) is 0.667. The summed E-state index contributed by atoms with van der Waals surface area (Å²) in [5, 5.41) is 15.2. The molecule has 0 aromatic carbocycles. The van der Waals surface area contributed by atoms with E-state index in [0.717, 1.165) is 25.0 Å². The van der Waals surface area contributed by atoms with Crippen molar-refractivity contribution in [2.24, 2.45) is 5.16 Å². The lowest BCUT2D eigenvalue weighted by Gasteiger charge is -2.08. The Morgan fingerprint density at radius 1 is 1.75 bits per heavy atom. The van der Waals surface area contributed by atoms with E-state index in [4.69, 9.17) is 16.8 Å². The summed E-state index contributed by atoms with van der Waals surface area (Å²) in [5.74, 6) is 0.707. The van der Waals surface area contributed by atoms with Gasteiger partial charge < -0.3 is 10.5 Å². The molecule has 4 heteroatoms. The molecule has 0 aromatic rings. The molecule has 1 aliphatic rings. The van der Waals surface area contributed by atoms with E-state index in [9.17, 15) is 0 Å². The number of nitrogens with zero attached hydrogens (tertiary/aromatic N) is 1. The van der Waals surface area contributed by atoms with Crippen LogP contribution in [0.4, 0.5) is 0 Å². The SMILES string of the molecule is CC1NC(CCCCl)CC1=NO. The number of hydrogen-bond acceptors (Lipinski definition) is 3. The van der Waals surface area contributed by atoms with E-state index in [1.807, 2.05) is 6.92 Å². The van der Waals surface area contributed by atoms with Crippen molar-refractivity contribution in [3.63, 3.8) is 0 Å². The first-order chi connectivity index (χ1) is 5.77. The molecular weight excluding hydrogens is 176 g/mol. The van der Waals surface area contributed by atoms with Crippen LogP contribution in [0.1, 0.15) is 26.2 Å². The molecule has 0 aromatic heterocycles. The number of oxime groups is 1. The lowest BCUT2D eigenvalue weighted by Crippen LogP contribution is -2.28. The lowest BCUT2D eigenvalue weighted by atomic mass is 10.1. The third-order valence-electron chi connectivity index (χ3n) is 2.26. The van der Waals surface area contributed by atoms with Crippen LogP contribution in [0.2, 0.25) is 0 Å². The molecule has 2 unspecified atom stereocenters. The highest BCUT2D eigenvalue weighted by Crippen LogP contribution is 2.14. The normalized spacial score (nSPS) is 33.0. The van der Waals surface area contributed by atoms with E-state index in [1.54, 1.807) is 0 Å². The Bertz CT molecular complexity index is 172. The predicted octanol–water partition coefficient (Wildman–Crippen LogP) is 1.59. The maximum Gasteiger partial charge on any atom is 0.0752 e. The highest BCUT2D eigenvalue weighted by molar-refractivity contribution is 6.17. The standard InChI is InChI=1S/C8H15ClN2O/c1-6-8(11-12)5-7(10-6)3-2-4-9/h6-7,10,12H,2-5H2,1H3. The molecule has 0 spiro atoms. The number of rotatable bonds is 3. The van der Waals surface area contributed by atoms with Crippen LogP contribution in [0, 0.1) is 0 Å². The van der Waals surface area contributed by atoms with E-state index >= 15 is 0 Å². The second kappa shape index (κ2) is 4.67. The van der Waals surface area contributed by atoms with Gasteiger partial charge in [-0.15, -0.1) is 11.6 Å². The molecule has 0 saturated carbocycles. The van der Waals surface area contributed by atoms with E-state index < -0.39 is 0 Å². The first-order valence-corrected chi connectivity index (χ1v) is 4.84. The zero-order chi connectivity index (χ0) is 8.97. The molecular formula is C8H15ClN2O. The fourth-order valence-electron chi connectivity index (χ4n) is 1.57. The van der Waals surface area contributed by atoms with E-state index in [1.165, 1.54) is 0 Å². The minimum absolute atomic E-state index is 0.218. The molecule has 0 radical (unpaired) electrons. The Balaban J connectivity index is 2.33. The van der Waals surface area contributed by atoms with Crippen molar-refractivity contribution in [1.82, 2.24) is 5.32 Å². The quantitative estimate of drug-likeness (QED) is 0.403. The average molecular weight is 191 g/mol. The van der Waals surface area contributed by atoms with Gasteiger partial charge in [0, 0.05) is 24.4 Å². The van der Waals surface area contributed by atoms with Gasteiger partial charge in [-0.25, -0.2) is 0 Å². The fourth-order valence-corrected chi connectivity index (χ4v) is 1.73. The van der Waals surface area contributed by atoms with Crippen LogP contribution in [0.15, 0.2) is 5.16 Å². The first kappa shape index (κ1) is 9.81. The summed E-state index contributed by atoms with van der Waals surface area (Å²) < 4.78 is 0. The molecule has 2 N–H and O–H groups in total. The van der Waals surface area contributed by atoms with Crippen molar-refractivity contribution in [2.45, 2.75) is 38.3 Å².